The summed E-state index contributed by atoms with van der Waals surface area (Å²) in [4.78, 5) is 0. The van der Waals surface area contributed by atoms with Crippen molar-refractivity contribution in [2.45, 2.75) is 13.8 Å². The van der Waals surface area contributed by atoms with Crippen molar-refractivity contribution in [2.24, 2.45) is 5.92 Å². The van der Waals surface area contributed by atoms with E-state index in [-0.39, 0.29) is 0 Å². The first-order chi connectivity index (χ1) is 4.79. The van der Waals surface area contributed by atoms with Crippen molar-refractivity contribution in [1.82, 2.24) is 0 Å². The van der Waals surface area contributed by atoms with Gasteiger partial charge < -0.3 is 4.42 Å². The van der Waals surface area contributed by atoms with Crippen LogP contribution in [0.5, 0.6) is 0 Å². The third-order valence-electron chi connectivity index (χ3n) is 1.01. The highest BCUT2D eigenvalue weighted by Crippen LogP contribution is 1.97. The molecule has 0 saturated carbocycles. The molecule has 1 heteroatoms. The van der Waals surface area contributed by atoms with Crippen LogP contribution >= 0.6 is 0 Å². The van der Waals surface area contributed by atoms with Crippen molar-refractivity contribution in [1.29, 1.82) is 0 Å². The van der Waals surface area contributed by atoms with Gasteiger partial charge in [0.2, 0.25) is 0 Å². The minimum Gasteiger partial charge on any atom is -0.456 e. The van der Waals surface area contributed by atoms with Crippen molar-refractivity contribution < 1.29 is 4.42 Å². The van der Waals surface area contributed by atoms with Crippen LogP contribution in [0.15, 0.2) is 22.8 Å². The third kappa shape index (κ3) is 1.99. The molecule has 0 atom stereocenters. The lowest BCUT2D eigenvalue weighted by atomic mass is 10.2. The second-order valence-corrected chi connectivity index (χ2v) is 2.40. The second-order valence-electron chi connectivity index (χ2n) is 2.40. The van der Waals surface area contributed by atoms with Crippen LogP contribution in [0, 0.1) is 17.8 Å². The molecule has 0 aliphatic heterocycles. The fraction of sp³-hybridized carbons (Fsp3) is 0.333. The summed E-state index contributed by atoms with van der Waals surface area (Å²) in [6.45, 7) is 4.10. The molecule has 0 aromatic carbocycles. The summed E-state index contributed by atoms with van der Waals surface area (Å²) in [6.07, 6.45) is 1.63. The van der Waals surface area contributed by atoms with Gasteiger partial charge in [-0.05, 0) is 18.1 Å². The van der Waals surface area contributed by atoms with Crippen LogP contribution in [0.3, 0.4) is 0 Å². The predicted octanol–water partition coefficient (Wildman–Crippen LogP) is 2.29. The van der Waals surface area contributed by atoms with Gasteiger partial charge >= 0.3 is 0 Å². The minimum atomic E-state index is 0.408. The van der Waals surface area contributed by atoms with E-state index in [0.717, 1.165) is 5.76 Å². The number of rotatable bonds is 0. The maximum Gasteiger partial charge on any atom is 0.176 e. The zero-order chi connectivity index (χ0) is 7.40. The summed E-state index contributed by atoms with van der Waals surface area (Å²) in [5.74, 6) is 7.06. The van der Waals surface area contributed by atoms with Gasteiger partial charge in [0.05, 0.1) is 6.26 Å². The molecule has 1 nitrogen and oxygen atoms in total. The van der Waals surface area contributed by atoms with E-state index in [2.05, 4.69) is 25.7 Å². The molecule has 52 valence electrons. The molecule has 0 fully saturated rings. The molecule has 0 aliphatic rings. The lowest BCUT2D eigenvalue weighted by Gasteiger charge is -1.84. The van der Waals surface area contributed by atoms with Gasteiger partial charge in [-0.1, -0.05) is 19.8 Å². The van der Waals surface area contributed by atoms with Gasteiger partial charge in [-0.25, -0.2) is 0 Å². The SMILES string of the molecule is CC(C)C#Cc1ccco1. The van der Waals surface area contributed by atoms with Crippen LogP contribution in [0.1, 0.15) is 19.6 Å². The van der Waals surface area contributed by atoms with Crippen molar-refractivity contribution in [3.05, 3.63) is 24.2 Å². The Bertz CT molecular complexity index is 233. The van der Waals surface area contributed by atoms with E-state index in [1.54, 1.807) is 6.26 Å². The van der Waals surface area contributed by atoms with E-state index in [1.807, 2.05) is 12.1 Å². The first kappa shape index (κ1) is 6.95. The molecule has 0 N–H and O–H groups in total. The summed E-state index contributed by atoms with van der Waals surface area (Å²) in [5.41, 5.74) is 0. The van der Waals surface area contributed by atoms with Crippen molar-refractivity contribution in [2.75, 3.05) is 0 Å². The average Bonchev–Trinajstić information content (AvgIpc) is 2.34. The fourth-order valence-electron chi connectivity index (χ4n) is 0.565. The molecule has 0 aliphatic carbocycles. The van der Waals surface area contributed by atoms with Crippen LogP contribution in [0.2, 0.25) is 0 Å². The number of hydrogen-bond donors (Lipinski definition) is 0. The van der Waals surface area contributed by atoms with Gasteiger partial charge in [-0.15, -0.1) is 0 Å². The second kappa shape index (κ2) is 3.12. The van der Waals surface area contributed by atoms with Gasteiger partial charge in [-0.2, -0.15) is 0 Å². The molecule has 0 radical (unpaired) electrons. The molecule has 0 spiro atoms. The highest BCUT2D eigenvalue weighted by Gasteiger charge is 1.86. The largest absolute Gasteiger partial charge is 0.456 e. The zero-order valence-electron chi connectivity index (χ0n) is 6.22. The molecular weight excluding hydrogens is 124 g/mol. The van der Waals surface area contributed by atoms with E-state index >= 15 is 0 Å². The Morgan fingerprint density at radius 3 is 2.80 bits per heavy atom. The van der Waals surface area contributed by atoms with E-state index in [1.165, 1.54) is 0 Å². The third-order valence-corrected chi connectivity index (χ3v) is 1.01. The molecule has 0 saturated heterocycles. The Morgan fingerprint density at radius 1 is 1.50 bits per heavy atom. The lowest BCUT2D eigenvalue weighted by molar-refractivity contribution is 0.554. The minimum absolute atomic E-state index is 0.408. The fourth-order valence-corrected chi connectivity index (χ4v) is 0.565. The van der Waals surface area contributed by atoms with Gasteiger partial charge in [-0.3, -0.25) is 0 Å². The lowest BCUT2D eigenvalue weighted by Crippen LogP contribution is -1.77. The van der Waals surface area contributed by atoms with Gasteiger partial charge in [0.15, 0.2) is 5.76 Å². The Morgan fingerprint density at radius 2 is 2.30 bits per heavy atom. The van der Waals surface area contributed by atoms with E-state index < -0.39 is 0 Å². The molecular formula is C9H10O. The summed E-state index contributed by atoms with van der Waals surface area (Å²) < 4.78 is 5.01. The molecule has 1 aromatic heterocycles. The molecule has 0 unspecified atom stereocenters. The quantitative estimate of drug-likeness (QED) is 0.496. The molecule has 1 heterocycles. The molecule has 1 rings (SSSR count). The first-order valence-corrected chi connectivity index (χ1v) is 3.34. The molecule has 0 amide bonds. The summed E-state index contributed by atoms with van der Waals surface area (Å²) in [6, 6.07) is 3.69. The highest BCUT2D eigenvalue weighted by molar-refractivity contribution is 5.24. The van der Waals surface area contributed by atoms with Crippen LogP contribution in [0.25, 0.3) is 0 Å². The van der Waals surface area contributed by atoms with Crippen LogP contribution in [0.4, 0.5) is 0 Å². The first-order valence-electron chi connectivity index (χ1n) is 3.34. The normalized spacial score (nSPS) is 9.10. The Hall–Kier alpha value is -1.16. The van der Waals surface area contributed by atoms with E-state index in [0.29, 0.717) is 5.92 Å². The monoisotopic (exact) mass is 134 g/mol. The average molecular weight is 134 g/mol. The van der Waals surface area contributed by atoms with Crippen LogP contribution in [-0.4, -0.2) is 0 Å². The summed E-state index contributed by atoms with van der Waals surface area (Å²) in [5, 5.41) is 0. The number of hydrogen-bond acceptors (Lipinski definition) is 1. The summed E-state index contributed by atoms with van der Waals surface area (Å²) >= 11 is 0. The topological polar surface area (TPSA) is 13.1 Å². The summed E-state index contributed by atoms with van der Waals surface area (Å²) in [7, 11) is 0. The van der Waals surface area contributed by atoms with Crippen molar-refractivity contribution in [3.8, 4) is 11.8 Å². The van der Waals surface area contributed by atoms with E-state index in [4.69, 9.17) is 4.42 Å². The van der Waals surface area contributed by atoms with Gasteiger partial charge in [0, 0.05) is 5.92 Å². The van der Waals surface area contributed by atoms with Gasteiger partial charge in [0.25, 0.3) is 0 Å². The van der Waals surface area contributed by atoms with E-state index in [9.17, 15) is 0 Å². The Kier molecular flexibility index (Phi) is 2.17. The number of furan rings is 1. The molecule has 0 bridgehead atoms. The maximum absolute atomic E-state index is 5.01. The van der Waals surface area contributed by atoms with Gasteiger partial charge in [0.1, 0.15) is 0 Å². The van der Waals surface area contributed by atoms with Crippen LogP contribution in [-0.2, 0) is 0 Å². The maximum atomic E-state index is 5.01. The van der Waals surface area contributed by atoms with Crippen molar-refractivity contribution in [3.63, 3.8) is 0 Å². The smallest absolute Gasteiger partial charge is 0.176 e. The van der Waals surface area contributed by atoms with Crippen molar-refractivity contribution >= 4 is 0 Å². The highest BCUT2D eigenvalue weighted by atomic mass is 16.3. The Balaban J connectivity index is 2.66. The standard InChI is InChI=1S/C9H10O/c1-8(2)5-6-9-4-3-7-10-9/h3-4,7-8H,1-2H3. The van der Waals surface area contributed by atoms with Crippen LogP contribution < -0.4 is 0 Å². The zero-order valence-corrected chi connectivity index (χ0v) is 6.22. The predicted molar refractivity (Wildman–Crippen MR) is 40.4 cm³/mol. The molecule has 1 aromatic rings. The molecule has 10 heavy (non-hydrogen) atoms. The Labute approximate surface area is 61.0 Å².